The molecule has 108 valence electrons. The van der Waals surface area contributed by atoms with Gasteiger partial charge in [-0.1, -0.05) is 57.9 Å². The third-order valence-electron chi connectivity index (χ3n) is 3.19. The zero-order chi connectivity index (χ0) is 13.9. The second-order valence-electron chi connectivity index (χ2n) is 4.88. The molecule has 0 spiro atoms. The number of hydrogen-bond donors (Lipinski definition) is 0. The molecule has 0 unspecified atom stereocenters. The lowest BCUT2D eigenvalue weighted by Crippen LogP contribution is -2.37. The predicted octanol–water partition coefficient (Wildman–Crippen LogP) is 3.31. The first-order valence-corrected chi connectivity index (χ1v) is 9.15. The van der Waals surface area contributed by atoms with Gasteiger partial charge in [0, 0.05) is 13.2 Å². The summed E-state index contributed by atoms with van der Waals surface area (Å²) in [5.41, 5.74) is 1.37. The molecule has 2 nitrogen and oxygen atoms in total. The molecule has 0 aromatic heterocycles. The molecule has 19 heavy (non-hydrogen) atoms. The average Bonchev–Trinajstić information content (AvgIpc) is 2.46. The molecule has 0 amide bonds. The molecule has 0 radical (unpaired) electrons. The standard InChI is InChI=1S/C16H28O2Si/c1-4-7-13-17-19(18-14-8-5-2)16-11-9-15(6-3)10-12-16/h9-12,19H,4-8,13-14H2,1-3H3. The van der Waals surface area contributed by atoms with E-state index in [0.717, 1.165) is 32.5 Å². The average molecular weight is 280 g/mol. The minimum Gasteiger partial charge on any atom is -0.393 e. The Labute approximate surface area is 120 Å². The zero-order valence-corrected chi connectivity index (χ0v) is 13.8. The lowest BCUT2D eigenvalue weighted by Gasteiger charge is -2.17. The highest BCUT2D eigenvalue weighted by molar-refractivity contribution is 6.61. The number of rotatable bonds is 10. The smallest absolute Gasteiger partial charge is 0.355 e. The summed E-state index contributed by atoms with van der Waals surface area (Å²) in [5.74, 6) is 0. The lowest BCUT2D eigenvalue weighted by molar-refractivity contribution is 0.202. The Morgan fingerprint density at radius 1 is 0.842 bits per heavy atom. The summed E-state index contributed by atoms with van der Waals surface area (Å²) in [6, 6.07) is 8.77. The highest BCUT2D eigenvalue weighted by atomic mass is 28.3. The van der Waals surface area contributed by atoms with Crippen LogP contribution in [-0.4, -0.2) is 22.5 Å². The van der Waals surface area contributed by atoms with Crippen LogP contribution in [0.5, 0.6) is 0 Å². The van der Waals surface area contributed by atoms with Gasteiger partial charge < -0.3 is 8.85 Å². The molecule has 0 heterocycles. The predicted molar refractivity (Wildman–Crippen MR) is 84.3 cm³/mol. The largest absolute Gasteiger partial charge is 0.393 e. The quantitative estimate of drug-likeness (QED) is 0.483. The van der Waals surface area contributed by atoms with Crippen molar-refractivity contribution in [2.45, 2.75) is 52.9 Å². The zero-order valence-electron chi connectivity index (χ0n) is 12.7. The molecule has 0 N–H and O–H groups in total. The monoisotopic (exact) mass is 280 g/mol. The normalized spacial score (nSPS) is 11.2. The highest BCUT2D eigenvalue weighted by Crippen LogP contribution is 2.02. The summed E-state index contributed by atoms with van der Waals surface area (Å²) < 4.78 is 12.0. The highest BCUT2D eigenvalue weighted by Gasteiger charge is 2.16. The van der Waals surface area contributed by atoms with Crippen molar-refractivity contribution in [3.05, 3.63) is 29.8 Å². The lowest BCUT2D eigenvalue weighted by atomic mass is 10.2. The molecule has 0 aliphatic rings. The summed E-state index contributed by atoms with van der Waals surface area (Å²) >= 11 is 0. The second kappa shape index (κ2) is 10.2. The van der Waals surface area contributed by atoms with Crippen LogP contribution in [-0.2, 0) is 15.3 Å². The first kappa shape index (κ1) is 16.4. The topological polar surface area (TPSA) is 18.5 Å². The maximum absolute atomic E-state index is 6.01. The summed E-state index contributed by atoms with van der Waals surface area (Å²) in [5, 5.41) is 1.27. The van der Waals surface area contributed by atoms with Crippen LogP contribution < -0.4 is 5.19 Å². The van der Waals surface area contributed by atoms with Gasteiger partial charge in [-0.2, -0.15) is 0 Å². The van der Waals surface area contributed by atoms with Gasteiger partial charge in [-0.15, -0.1) is 0 Å². The van der Waals surface area contributed by atoms with Gasteiger partial charge in [0.15, 0.2) is 0 Å². The number of hydrogen-bond acceptors (Lipinski definition) is 2. The summed E-state index contributed by atoms with van der Waals surface area (Å²) in [7, 11) is -1.69. The van der Waals surface area contributed by atoms with Gasteiger partial charge >= 0.3 is 9.28 Å². The molecule has 0 aliphatic heterocycles. The fraction of sp³-hybridized carbons (Fsp3) is 0.625. The fourth-order valence-electron chi connectivity index (χ4n) is 1.82. The van der Waals surface area contributed by atoms with E-state index in [2.05, 4.69) is 45.0 Å². The van der Waals surface area contributed by atoms with Crippen LogP contribution >= 0.6 is 0 Å². The van der Waals surface area contributed by atoms with Crippen molar-refractivity contribution in [3.63, 3.8) is 0 Å². The van der Waals surface area contributed by atoms with Crippen molar-refractivity contribution in [1.29, 1.82) is 0 Å². The van der Waals surface area contributed by atoms with Crippen molar-refractivity contribution >= 4 is 14.5 Å². The second-order valence-corrected chi connectivity index (χ2v) is 6.87. The van der Waals surface area contributed by atoms with E-state index in [1.807, 2.05) is 0 Å². The van der Waals surface area contributed by atoms with Crippen molar-refractivity contribution in [3.8, 4) is 0 Å². The molecule has 0 aliphatic carbocycles. The number of aryl methyl sites for hydroxylation is 1. The Hall–Kier alpha value is -0.643. The van der Waals surface area contributed by atoms with Gasteiger partial charge in [0.2, 0.25) is 0 Å². The molecule has 1 aromatic carbocycles. The van der Waals surface area contributed by atoms with Crippen molar-refractivity contribution in [2.75, 3.05) is 13.2 Å². The van der Waals surface area contributed by atoms with E-state index < -0.39 is 9.28 Å². The third kappa shape index (κ3) is 6.37. The van der Waals surface area contributed by atoms with Gasteiger partial charge in [-0.3, -0.25) is 0 Å². The van der Waals surface area contributed by atoms with Gasteiger partial charge in [0.05, 0.1) is 0 Å². The van der Waals surface area contributed by atoms with E-state index >= 15 is 0 Å². The third-order valence-corrected chi connectivity index (χ3v) is 5.20. The van der Waals surface area contributed by atoms with E-state index in [4.69, 9.17) is 8.85 Å². The van der Waals surface area contributed by atoms with E-state index in [9.17, 15) is 0 Å². The van der Waals surface area contributed by atoms with Crippen molar-refractivity contribution < 1.29 is 8.85 Å². The van der Waals surface area contributed by atoms with E-state index in [1.165, 1.54) is 23.6 Å². The van der Waals surface area contributed by atoms with Crippen LogP contribution in [0.4, 0.5) is 0 Å². The Balaban J connectivity index is 2.58. The van der Waals surface area contributed by atoms with Gasteiger partial charge in [0.25, 0.3) is 0 Å². The van der Waals surface area contributed by atoms with Crippen molar-refractivity contribution in [2.24, 2.45) is 0 Å². The summed E-state index contributed by atoms with van der Waals surface area (Å²) in [4.78, 5) is 0. The maximum Gasteiger partial charge on any atom is 0.355 e. The van der Waals surface area contributed by atoms with Crippen LogP contribution in [0.3, 0.4) is 0 Å². The van der Waals surface area contributed by atoms with E-state index in [-0.39, 0.29) is 0 Å². The number of benzene rings is 1. The van der Waals surface area contributed by atoms with E-state index in [1.54, 1.807) is 0 Å². The fourth-order valence-corrected chi connectivity index (χ4v) is 3.57. The first-order valence-electron chi connectivity index (χ1n) is 7.63. The molecular formula is C16H28O2Si. The van der Waals surface area contributed by atoms with Gasteiger partial charge in [-0.05, 0) is 30.0 Å². The van der Waals surface area contributed by atoms with E-state index in [0.29, 0.717) is 0 Å². The minimum absolute atomic E-state index is 0.828. The Morgan fingerprint density at radius 2 is 1.37 bits per heavy atom. The van der Waals surface area contributed by atoms with Crippen LogP contribution in [0.25, 0.3) is 0 Å². The molecule has 1 aromatic rings. The Kier molecular flexibility index (Phi) is 8.79. The van der Waals surface area contributed by atoms with Crippen LogP contribution in [0.2, 0.25) is 0 Å². The molecular weight excluding hydrogens is 252 g/mol. The van der Waals surface area contributed by atoms with Crippen molar-refractivity contribution in [1.82, 2.24) is 0 Å². The van der Waals surface area contributed by atoms with Gasteiger partial charge in [0.1, 0.15) is 0 Å². The molecule has 3 heteroatoms. The van der Waals surface area contributed by atoms with Crippen LogP contribution in [0, 0.1) is 0 Å². The molecule has 0 saturated carbocycles. The van der Waals surface area contributed by atoms with Gasteiger partial charge in [-0.25, -0.2) is 0 Å². The maximum atomic E-state index is 6.01. The van der Waals surface area contributed by atoms with Crippen LogP contribution in [0.1, 0.15) is 52.0 Å². The Morgan fingerprint density at radius 3 is 1.79 bits per heavy atom. The molecule has 0 fully saturated rings. The summed E-state index contributed by atoms with van der Waals surface area (Å²) in [6.45, 7) is 8.21. The molecule has 0 saturated heterocycles. The van der Waals surface area contributed by atoms with Crippen LogP contribution in [0.15, 0.2) is 24.3 Å². The minimum atomic E-state index is -1.69. The number of unbranched alkanes of at least 4 members (excludes halogenated alkanes) is 2. The molecule has 0 bridgehead atoms. The summed E-state index contributed by atoms with van der Waals surface area (Å²) in [6.07, 6.45) is 5.66. The molecule has 1 rings (SSSR count). The first-order chi connectivity index (χ1) is 9.31. The Bertz CT molecular complexity index is 314. The molecule has 0 atom stereocenters. The SMILES string of the molecule is CCCCO[SiH](OCCCC)c1ccc(CC)cc1.